The molecule has 0 spiro atoms. The molecule has 3 rings (SSSR count). The molecule has 0 fully saturated rings. The first kappa shape index (κ1) is 14.5. The van der Waals surface area contributed by atoms with Gasteiger partial charge in [-0.05, 0) is 38.5 Å². The number of hydrogen-bond donors (Lipinski definition) is 0. The average molecular weight is 297 g/mol. The van der Waals surface area contributed by atoms with Crippen molar-refractivity contribution in [2.24, 2.45) is 0 Å². The Kier molecular flexibility index (Phi) is 4.06. The van der Waals surface area contributed by atoms with Crippen molar-refractivity contribution >= 4 is 11.0 Å². The molecule has 1 aromatic carbocycles. The van der Waals surface area contributed by atoms with Gasteiger partial charge in [-0.25, -0.2) is 9.97 Å². The van der Waals surface area contributed by atoms with Crippen LogP contribution in [0.2, 0.25) is 0 Å². The fourth-order valence-corrected chi connectivity index (χ4v) is 2.35. The van der Waals surface area contributed by atoms with E-state index in [9.17, 15) is 0 Å². The third-order valence-electron chi connectivity index (χ3n) is 3.60. The largest absolute Gasteiger partial charge is 0.437 e. The smallest absolute Gasteiger partial charge is 0.247 e. The highest BCUT2D eigenvalue weighted by molar-refractivity contribution is 5.84. The maximum absolute atomic E-state index is 5.92. The number of aromatic nitrogens is 3. The van der Waals surface area contributed by atoms with Gasteiger partial charge in [-0.3, -0.25) is 0 Å². The van der Waals surface area contributed by atoms with Gasteiger partial charge in [-0.1, -0.05) is 18.2 Å². The molecule has 2 aromatic heterocycles. The Morgan fingerprint density at radius 2 is 1.91 bits per heavy atom. The van der Waals surface area contributed by atoms with E-state index in [0.717, 1.165) is 28.0 Å². The Bertz CT molecular complexity index is 781. The fraction of sp³-hybridized carbons (Fsp3) is 0.294. The van der Waals surface area contributed by atoms with Crippen LogP contribution in [0.15, 0.2) is 36.7 Å². The van der Waals surface area contributed by atoms with Crippen LogP contribution >= 0.6 is 0 Å². The topological polar surface area (TPSA) is 49.2 Å². The first-order chi connectivity index (χ1) is 10.7. The van der Waals surface area contributed by atoms with E-state index in [0.29, 0.717) is 19.2 Å². The lowest BCUT2D eigenvalue weighted by molar-refractivity contribution is 0.0904. The normalized spacial score (nSPS) is 11.0. The van der Waals surface area contributed by atoms with Crippen LogP contribution in [0.4, 0.5) is 0 Å². The molecular weight excluding hydrogens is 278 g/mol. The zero-order chi connectivity index (χ0) is 15.5. The monoisotopic (exact) mass is 297 g/mol. The Morgan fingerprint density at radius 3 is 2.64 bits per heavy atom. The van der Waals surface area contributed by atoms with Gasteiger partial charge in [0, 0.05) is 12.3 Å². The van der Waals surface area contributed by atoms with E-state index in [-0.39, 0.29) is 0 Å². The van der Waals surface area contributed by atoms with Crippen LogP contribution in [0.1, 0.15) is 18.2 Å². The van der Waals surface area contributed by atoms with Gasteiger partial charge in [0.1, 0.15) is 12.5 Å². The highest BCUT2D eigenvalue weighted by Crippen LogP contribution is 2.30. The number of imidazole rings is 1. The minimum atomic E-state index is 0.474. The summed E-state index contributed by atoms with van der Waals surface area (Å²) < 4.78 is 13.4. The van der Waals surface area contributed by atoms with Crippen molar-refractivity contribution < 1.29 is 9.47 Å². The first-order valence-corrected chi connectivity index (χ1v) is 7.33. The minimum absolute atomic E-state index is 0.474. The molecule has 2 heterocycles. The average Bonchev–Trinajstić information content (AvgIpc) is 2.96. The molecule has 0 radical (unpaired) electrons. The van der Waals surface area contributed by atoms with Crippen LogP contribution in [0.5, 0.6) is 11.6 Å². The molecule has 0 atom stereocenters. The van der Waals surface area contributed by atoms with E-state index >= 15 is 0 Å². The third kappa shape index (κ3) is 2.67. The van der Waals surface area contributed by atoms with Gasteiger partial charge in [-0.2, -0.15) is 0 Å². The molecule has 0 aliphatic rings. The number of fused-ring (bicyclic) bond motifs is 1. The van der Waals surface area contributed by atoms with Gasteiger partial charge in [0.25, 0.3) is 0 Å². The van der Waals surface area contributed by atoms with Crippen LogP contribution in [0.3, 0.4) is 0 Å². The van der Waals surface area contributed by atoms with Crippen LogP contribution < -0.4 is 4.74 Å². The SMILES string of the molecule is CCOCn1cnc2c(Oc3ccccc3)nc(C)c(C)c21. The molecule has 0 saturated carbocycles. The van der Waals surface area contributed by atoms with E-state index in [4.69, 9.17) is 9.47 Å². The summed E-state index contributed by atoms with van der Waals surface area (Å²) in [6.07, 6.45) is 1.77. The second kappa shape index (κ2) is 6.15. The van der Waals surface area contributed by atoms with E-state index in [1.165, 1.54) is 0 Å². The molecule has 5 nitrogen and oxygen atoms in total. The summed E-state index contributed by atoms with van der Waals surface area (Å²) in [7, 11) is 0. The van der Waals surface area contributed by atoms with Crippen LogP contribution in [-0.2, 0) is 11.5 Å². The van der Waals surface area contributed by atoms with Crippen LogP contribution in [0.25, 0.3) is 11.0 Å². The maximum Gasteiger partial charge on any atom is 0.247 e. The lowest BCUT2D eigenvalue weighted by atomic mass is 10.2. The molecule has 0 bridgehead atoms. The summed E-state index contributed by atoms with van der Waals surface area (Å²) in [5.41, 5.74) is 3.78. The predicted molar refractivity (Wildman–Crippen MR) is 85.1 cm³/mol. The summed E-state index contributed by atoms with van der Waals surface area (Å²) in [6.45, 7) is 7.13. The van der Waals surface area contributed by atoms with E-state index in [2.05, 4.69) is 9.97 Å². The third-order valence-corrected chi connectivity index (χ3v) is 3.60. The molecule has 5 heteroatoms. The minimum Gasteiger partial charge on any atom is -0.437 e. The Balaban J connectivity index is 2.07. The zero-order valence-corrected chi connectivity index (χ0v) is 13.0. The molecule has 22 heavy (non-hydrogen) atoms. The second-order valence-corrected chi connectivity index (χ2v) is 5.08. The van der Waals surface area contributed by atoms with Gasteiger partial charge in [0.2, 0.25) is 5.88 Å². The number of benzene rings is 1. The lowest BCUT2D eigenvalue weighted by Crippen LogP contribution is -2.03. The Morgan fingerprint density at radius 1 is 1.14 bits per heavy atom. The summed E-state index contributed by atoms with van der Waals surface area (Å²) in [5, 5.41) is 0. The highest BCUT2D eigenvalue weighted by Gasteiger charge is 2.16. The molecule has 0 aliphatic heterocycles. The molecule has 0 amide bonds. The summed E-state index contributed by atoms with van der Waals surface area (Å²) in [6, 6.07) is 9.62. The molecule has 3 aromatic rings. The van der Waals surface area contributed by atoms with Gasteiger partial charge >= 0.3 is 0 Å². The number of para-hydroxylation sites is 1. The predicted octanol–water partition coefficient (Wildman–Crippen LogP) is 3.83. The molecule has 0 aliphatic carbocycles. The molecule has 114 valence electrons. The fourth-order valence-electron chi connectivity index (χ4n) is 2.35. The van der Waals surface area contributed by atoms with Gasteiger partial charge in [0.05, 0.1) is 11.8 Å². The maximum atomic E-state index is 5.92. The summed E-state index contributed by atoms with van der Waals surface area (Å²) >= 11 is 0. The van der Waals surface area contributed by atoms with Gasteiger partial charge < -0.3 is 14.0 Å². The van der Waals surface area contributed by atoms with Crippen molar-refractivity contribution in [3.05, 3.63) is 47.9 Å². The molecule has 0 unspecified atom stereocenters. The molecule has 0 N–H and O–H groups in total. The van der Waals surface area contributed by atoms with Crippen molar-refractivity contribution in [3.63, 3.8) is 0 Å². The first-order valence-electron chi connectivity index (χ1n) is 7.33. The van der Waals surface area contributed by atoms with E-state index in [1.807, 2.05) is 55.7 Å². The van der Waals surface area contributed by atoms with Crippen molar-refractivity contribution in [2.45, 2.75) is 27.5 Å². The summed E-state index contributed by atoms with van der Waals surface area (Å²) in [5.74, 6) is 1.28. The summed E-state index contributed by atoms with van der Waals surface area (Å²) in [4.78, 5) is 9.02. The molecular formula is C17H19N3O2. The Hall–Kier alpha value is -2.40. The van der Waals surface area contributed by atoms with Crippen molar-refractivity contribution in [1.29, 1.82) is 0 Å². The molecule has 0 saturated heterocycles. The Labute approximate surface area is 129 Å². The van der Waals surface area contributed by atoms with Crippen LogP contribution in [-0.4, -0.2) is 21.1 Å². The van der Waals surface area contributed by atoms with E-state index in [1.54, 1.807) is 6.33 Å². The van der Waals surface area contributed by atoms with Crippen molar-refractivity contribution in [3.8, 4) is 11.6 Å². The number of nitrogens with zero attached hydrogens (tertiary/aromatic N) is 3. The standard InChI is InChI=1S/C17H19N3O2/c1-4-21-11-20-10-18-15-16(20)12(2)13(3)19-17(15)22-14-8-6-5-7-9-14/h5-10H,4,11H2,1-3H3. The number of hydrogen-bond acceptors (Lipinski definition) is 4. The zero-order valence-electron chi connectivity index (χ0n) is 13.0. The van der Waals surface area contributed by atoms with E-state index < -0.39 is 0 Å². The lowest BCUT2D eigenvalue weighted by Gasteiger charge is -2.11. The van der Waals surface area contributed by atoms with Crippen LogP contribution in [0, 0.1) is 13.8 Å². The second-order valence-electron chi connectivity index (χ2n) is 5.08. The highest BCUT2D eigenvalue weighted by atomic mass is 16.5. The van der Waals surface area contributed by atoms with Crippen molar-refractivity contribution in [1.82, 2.24) is 14.5 Å². The quantitative estimate of drug-likeness (QED) is 0.718. The van der Waals surface area contributed by atoms with Crippen molar-refractivity contribution in [2.75, 3.05) is 6.61 Å². The number of ether oxygens (including phenoxy) is 2. The number of rotatable bonds is 5. The number of aryl methyl sites for hydroxylation is 2. The van der Waals surface area contributed by atoms with Gasteiger partial charge in [-0.15, -0.1) is 0 Å². The van der Waals surface area contributed by atoms with Gasteiger partial charge in [0.15, 0.2) is 5.52 Å². The number of pyridine rings is 1.